The minimum atomic E-state index is -0.818. The van der Waals surface area contributed by atoms with Crippen LogP contribution in [-0.2, 0) is 24.8 Å². The lowest BCUT2D eigenvalue weighted by Gasteiger charge is -2.63. The summed E-state index contributed by atoms with van der Waals surface area (Å²) < 4.78 is 18.2. The molecule has 5 nitrogen and oxygen atoms in total. The summed E-state index contributed by atoms with van der Waals surface area (Å²) in [5, 5.41) is 10.1. The Balaban J connectivity index is 1.40. The van der Waals surface area contributed by atoms with Crippen LogP contribution in [0.5, 0.6) is 0 Å². The van der Waals surface area contributed by atoms with E-state index < -0.39 is 17.9 Å². The molecule has 0 aromatic heterocycles. The number of benzene rings is 1. The highest BCUT2D eigenvalue weighted by atomic mass is 16.7. The van der Waals surface area contributed by atoms with E-state index in [-0.39, 0.29) is 29.5 Å². The molecule has 0 bridgehead atoms. The minimum Gasteiger partial charge on any atom is -0.459 e. The van der Waals surface area contributed by atoms with Crippen LogP contribution in [0.3, 0.4) is 0 Å². The molecule has 2 saturated heterocycles. The number of allylic oxidation sites excluding steroid dienone is 2. The fourth-order valence-corrected chi connectivity index (χ4v) is 7.21. The molecule has 2 heterocycles. The van der Waals surface area contributed by atoms with E-state index in [0.29, 0.717) is 24.5 Å². The summed E-state index contributed by atoms with van der Waals surface area (Å²) in [6.07, 6.45) is 5.99. The zero-order valence-corrected chi connectivity index (χ0v) is 20.0. The Morgan fingerprint density at radius 3 is 2.61 bits per heavy atom. The van der Waals surface area contributed by atoms with Crippen molar-refractivity contribution in [2.24, 2.45) is 22.7 Å². The highest BCUT2D eigenvalue weighted by Gasteiger charge is 2.61. The molecule has 1 N–H and O–H groups in total. The standard InChI is InChI=1S/C28H36O5/c1-18-10-13-23-26(2,21(18)12-11-20-22(29)16-31-25(20)30)15-14-24-27(23,3)17-32-28(4,33-24)19-8-6-5-7-9-19/h5-9,11,21-24,29H,1,10,12-17H2,2-4H3/t21-,22+,23?,24+,26+,27-,28-/m0/s1. The highest BCUT2D eigenvalue weighted by molar-refractivity contribution is 5.91. The second-order valence-corrected chi connectivity index (χ2v) is 11.1. The summed E-state index contributed by atoms with van der Waals surface area (Å²) in [5.74, 6) is -0.432. The smallest absolute Gasteiger partial charge is 0.336 e. The van der Waals surface area contributed by atoms with E-state index in [4.69, 9.17) is 14.2 Å². The van der Waals surface area contributed by atoms with Gasteiger partial charge in [-0.05, 0) is 56.3 Å². The number of esters is 1. The van der Waals surface area contributed by atoms with Gasteiger partial charge in [-0.2, -0.15) is 0 Å². The molecular weight excluding hydrogens is 416 g/mol. The number of carbonyl (C=O) groups excluding carboxylic acids is 1. The van der Waals surface area contributed by atoms with Crippen molar-refractivity contribution in [1.82, 2.24) is 0 Å². The SMILES string of the molecule is C=C1CCC2[C@]3(C)CO[C@](C)(c4ccccc4)O[C@@H]3CC[C@]2(C)[C@H]1CC=C1C(=O)OC[C@H]1O. The van der Waals surface area contributed by atoms with Crippen molar-refractivity contribution in [3.63, 3.8) is 0 Å². The molecular formula is C28H36O5. The van der Waals surface area contributed by atoms with Gasteiger partial charge in [-0.1, -0.05) is 62.4 Å². The van der Waals surface area contributed by atoms with Gasteiger partial charge < -0.3 is 19.3 Å². The average molecular weight is 453 g/mol. The number of fused-ring (bicyclic) bond motifs is 3. The van der Waals surface area contributed by atoms with E-state index in [1.165, 1.54) is 5.57 Å². The first-order valence-corrected chi connectivity index (χ1v) is 12.3. The zero-order chi connectivity index (χ0) is 23.4. The van der Waals surface area contributed by atoms with Gasteiger partial charge >= 0.3 is 5.97 Å². The highest BCUT2D eigenvalue weighted by Crippen LogP contribution is 2.64. The maximum atomic E-state index is 12.0. The molecule has 0 spiro atoms. The van der Waals surface area contributed by atoms with Gasteiger partial charge in [0.1, 0.15) is 12.7 Å². The number of hydrogen-bond acceptors (Lipinski definition) is 5. The third kappa shape index (κ3) is 3.60. The van der Waals surface area contributed by atoms with Crippen LogP contribution in [0.4, 0.5) is 0 Å². The molecule has 7 atom stereocenters. The first-order chi connectivity index (χ1) is 15.7. The maximum absolute atomic E-state index is 12.0. The van der Waals surface area contributed by atoms with Gasteiger partial charge in [0.05, 0.1) is 18.3 Å². The average Bonchev–Trinajstić information content (AvgIpc) is 3.12. The van der Waals surface area contributed by atoms with Crippen molar-refractivity contribution in [3.8, 4) is 0 Å². The van der Waals surface area contributed by atoms with Crippen molar-refractivity contribution < 1.29 is 24.1 Å². The van der Waals surface area contributed by atoms with Gasteiger partial charge in [-0.3, -0.25) is 0 Å². The molecule has 0 radical (unpaired) electrons. The van der Waals surface area contributed by atoms with E-state index in [1.807, 2.05) is 31.2 Å². The van der Waals surface area contributed by atoms with E-state index in [1.54, 1.807) is 0 Å². The summed E-state index contributed by atoms with van der Waals surface area (Å²) in [6.45, 7) is 11.9. The predicted octanol–water partition coefficient (Wildman–Crippen LogP) is 4.90. The third-order valence-electron chi connectivity index (χ3n) is 9.18. The van der Waals surface area contributed by atoms with Crippen LogP contribution in [-0.4, -0.2) is 36.5 Å². The van der Waals surface area contributed by atoms with Crippen molar-refractivity contribution in [3.05, 3.63) is 59.7 Å². The number of aliphatic hydroxyl groups excluding tert-OH is 1. The van der Waals surface area contributed by atoms with Gasteiger partial charge in [0, 0.05) is 11.0 Å². The molecule has 4 aliphatic rings. The molecule has 2 saturated carbocycles. The molecule has 178 valence electrons. The fraction of sp³-hybridized carbons (Fsp3) is 0.607. The van der Waals surface area contributed by atoms with E-state index >= 15 is 0 Å². The second-order valence-electron chi connectivity index (χ2n) is 11.1. The van der Waals surface area contributed by atoms with Crippen molar-refractivity contribution in [1.29, 1.82) is 0 Å². The van der Waals surface area contributed by atoms with Crippen molar-refractivity contribution in [2.75, 3.05) is 13.2 Å². The molecule has 1 aromatic rings. The Morgan fingerprint density at radius 2 is 1.91 bits per heavy atom. The molecule has 5 heteroatoms. The van der Waals surface area contributed by atoms with Crippen molar-refractivity contribution in [2.45, 2.75) is 70.9 Å². The van der Waals surface area contributed by atoms with Crippen LogP contribution < -0.4 is 0 Å². The van der Waals surface area contributed by atoms with E-state index in [2.05, 4.69) is 32.6 Å². The summed E-state index contributed by atoms with van der Waals surface area (Å²) in [7, 11) is 0. The van der Waals surface area contributed by atoms with Gasteiger partial charge in [-0.15, -0.1) is 0 Å². The fourth-order valence-electron chi connectivity index (χ4n) is 7.21. The largest absolute Gasteiger partial charge is 0.459 e. The van der Waals surface area contributed by atoms with Crippen LogP contribution in [0, 0.1) is 22.7 Å². The molecule has 4 fully saturated rings. The van der Waals surface area contributed by atoms with Crippen LogP contribution in [0.1, 0.15) is 58.4 Å². The lowest BCUT2D eigenvalue weighted by molar-refractivity contribution is -0.359. The maximum Gasteiger partial charge on any atom is 0.336 e. The quantitative estimate of drug-likeness (QED) is 0.402. The van der Waals surface area contributed by atoms with Crippen molar-refractivity contribution >= 4 is 5.97 Å². The Bertz CT molecular complexity index is 970. The minimum absolute atomic E-state index is 0.0400. The normalized spacial score (nSPS) is 44.3. The number of hydrogen-bond donors (Lipinski definition) is 1. The number of aliphatic hydroxyl groups is 1. The summed E-state index contributed by atoms with van der Waals surface area (Å²) in [5.41, 5.74) is 2.66. The second kappa shape index (κ2) is 8.07. The van der Waals surface area contributed by atoms with E-state index in [0.717, 1.165) is 31.2 Å². The number of ether oxygens (including phenoxy) is 3. The summed E-state index contributed by atoms with van der Waals surface area (Å²) >= 11 is 0. The third-order valence-corrected chi connectivity index (χ3v) is 9.18. The number of carbonyl (C=O) groups is 1. The Morgan fingerprint density at radius 1 is 1.15 bits per heavy atom. The monoisotopic (exact) mass is 452 g/mol. The van der Waals surface area contributed by atoms with Gasteiger partial charge in [0.25, 0.3) is 0 Å². The van der Waals surface area contributed by atoms with Crippen LogP contribution >= 0.6 is 0 Å². The lowest BCUT2D eigenvalue weighted by atomic mass is 9.46. The Kier molecular flexibility index (Phi) is 5.58. The predicted molar refractivity (Wildman–Crippen MR) is 125 cm³/mol. The molecule has 0 amide bonds. The zero-order valence-electron chi connectivity index (χ0n) is 20.0. The molecule has 2 aliphatic carbocycles. The van der Waals surface area contributed by atoms with Gasteiger partial charge in [0.15, 0.2) is 5.79 Å². The lowest BCUT2D eigenvalue weighted by Crippen LogP contribution is -2.62. The Hall–Kier alpha value is -1.95. The number of cyclic esters (lactones) is 1. The topological polar surface area (TPSA) is 65.0 Å². The van der Waals surface area contributed by atoms with Crippen LogP contribution in [0.15, 0.2) is 54.1 Å². The van der Waals surface area contributed by atoms with Gasteiger partial charge in [0.2, 0.25) is 0 Å². The molecule has 33 heavy (non-hydrogen) atoms. The molecule has 2 aliphatic heterocycles. The van der Waals surface area contributed by atoms with Gasteiger partial charge in [-0.25, -0.2) is 4.79 Å². The number of rotatable bonds is 3. The van der Waals surface area contributed by atoms with E-state index in [9.17, 15) is 9.90 Å². The first kappa shape index (κ1) is 22.8. The molecule has 1 unspecified atom stereocenters. The molecule has 1 aromatic carbocycles. The van der Waals surface area contributed by atoms with Crippen LogP contribution in [0.25, 0.3) is 0 Å². The summed E-state index contributed by atoms with van der Waals surface area (Å²) in [6, 6.07) is 10.2. The summed E-state index contributed by atoms with van der Waals surface area (Å²) in [4.78, 5) is 12.0. The van der Waals surface area contributed by atoms with Crippen LogP contribution in [0.2, 0.25) is 0 Å². The molecule has 5 rings (SSSR count). The first-order valence-electron chi connectivity index (χ1n) is 12.3. The Labute approximate surface area is 196 Å².